The van der Waals surface area contributed by atoms with Gasteiger partial charge >= 0.3 is 0 Å². The zero-order valence-corrected chi connectivity index (χ0v) is 14.0. The number of nitrogens with zero attached hydrogens (tertiary/aromatic N) is 2. The Bertz CT molecular complexity index is 843. The van der Waals surface area contributed by atoms with Crippen molar-refractivity contribution in [2.45, 2.75) is 20.1 Å². The van der Waals surface area contributed by atoms with Crippen molar-refractivity contribution in [3.05, 3.63) is 70.6 Å². The molecule has 122 valence electrons. The molecule has 0 radical (unpaired) electrons. The van der Waals surface area contributed by atoms with Gasteiger partial charge < -0.3 is 10.4 Å². The van der Waals surface area contributed by atoms with Crippen LogP contribution < -0.4 is 5.32 Å². The van der Waals surface area contributed by atoms with Crippen LogP contribution in [0.1, 0.15) is 27.4 Å². The number of hydrogen-bond donors (Lipinski definition) is 2. The molecule has 0 bridgehead atoms. The number of carbonyl (C=O) groups is 1. The molecule has 2 heterocycles. The number of aryl methyl sites for hydroxylation is 1. The molecule has 0 aliphatic carbocycles. The van der Waals surface area contributed by atoms with Gasteiger partial charge in [0, 0.05) is 6.54 Å². The van der Waals surface area contributed by atoms with Crippen LogP contribution in [0.5, 0.6) is 0 Å². The summed E-state index contributed by atoms with van der Waals surface area (Å²) in [6, 6.07) is 13.1. The van der Waals surface area contributed by atoms with E-state index in [1.807, 2.05) is 36.7 Å². The van der Waals surface area contributed by atoms with E-state index in [2.05, 4.69) is 15.3 Å². The summed E-state index contributed by atoms with van der Waals surface area (Å²) in [4.78, 5) is 21.6. The first-order valence-corrected chi connectivity index (χ1v) is 8.39. The molecule has 0 unspecified atom stereocenters. The summed E-state index contributed by atoms with van der Waals surface area (Å²) in [5.74, 6) is -0.257. The van der Waals surface area contributed by atoms with Crippen molar-refractivity contribution in [3.8, 4) is 10.4 Å². The van der Waals surface area contributed by atoms with Crippen molar-refractivity contribution in [1.82, 2.24) is 15.3 Å². The number of hydrogen-bond acceptors (Lipinski definition) is 5. The second kappa shape index (κ2) is 7.33. The Morgan fingerprint density at radius 3 is 2.67 bits per heavy atom. The summed E-state index contributed by atoms with van der Waals surface area (Å²) in [7, 11) is 0. The van der Waals surface area contributed by atoms with Gasteiger partial charge in [-0.05, 0) is 30.2 Å². The normalized spacial score (nSPS) is 10.6. The predicted octanol–water partition coefficient (Wildman–Crippen LogP) is 2.94. The lowest BCUT2D eigenvalue weighted by atomic mass is 10.1. The van der Waals surface area contributed by atoms with Crippen LogP contribution in [-0.4, -0.2) is 21.0 Å². The number of carbonyl (C=O) groups excluding carboxylic acids is 1. The highest BCUT2D eigenvalue weighted by Gasteiger charge is 2.08. The molecule has 0 atom stereocenters. The summed E-state index contributed by atoms with van der Waals surface area (Å²) >= 11 is 1.62. The van der Waals surface area contributed by atoms with Crippen molar-refractivity contribution in [2.75, 3.05) is 0 Å². The summed E-state index contributed by atoms with van der Waals surface area (Å²) in [5.41, 5.74) is 5.78. The van der Waals surface area contributed by atoms with Crippen LogP contribution in [0, 0.1) is 6.92 Å². The molecule has 3 aromatic rings. The van der Waals surface area contributed by atoms with E-state index in [-0.39, 0.29) is 12.5 Å². The molecule has 1 aromatic carbocycles. The van der Waals surface area contributed by atoms with Gasteiger partial charge in [0.2, 0.25) is 0 Å². The zero-order valence-electron chi connectivity index (χ0n) is 13.2. The van der Waals surface area contributed by atoms with Crippen LogP contribution >= 0.6 is 11.3 Å². The van der Waals surface area contributed by atoms with Crippen LogP contribution in [-0.2, 0) is 13.2 Å². The first kappa shape index (κ1) is 16.3. The van der Waals surface area contributed by atoms with Gasteiger partial charge in [-0.25, -0.2) is 9.97 Å². The van der Waals surface area contributed by atoms with E-state index in [1.165, 1.54) is 0 Å². The lowest BCUT2D eigenvalue weighted by Gasteiger charge is -2.07. The van der Waals surface area contributed by atoms with E-state index in [0.29, 0.717) is 17.9 Å². The van der Waals surface area contributed by atoms with E-state index in [4.69, 9.17) is 5.11 Å². The van der Waals surface area contributed by atoms with Gasteiger partial charge in [0.1, 0.15) is 5.69 Å². The summed E-state index contributed by atoms with van der Waals surface area (Å²) in [6.07, 6.45) is 0. The second-order valence-corrected chi connectivity index (χ2v) is 6.17. The lowest BCUT2D eigenvalue weighted by Crippen LogP contribution is -2.24. The van der Waals surface area contributed by atoms with Crippen LogP contribution in [0.3, 0.4) is 0 Å². The Hall–Kier alpha value is -2.57. The van der Waals surface area contributed by atoms with Crippen LogP contribution in [0.2, 0.25) is 0 Å². The van der Waals surface area contributed by atoms with Crippen molar-refractivity contribution < 1.29 is 9.90 Å². The molecule has 0 fully saturated rings. The highest BCUT2D eigenvalue weighted by Crippen LogP contribution is 2.27. The third-order valence-electron chi connectivity index (χ3n) is 3.62. The van der Waals surface area contributed by atoms with Gasteiger partial charge in [0.25, 0.3) is 5.91 Å². The van der Waals surface area contributed by atoms with Gasteiger partial charge in [0.05, 0.1) is 28.4 Å². The number of aliphatic hydroxyl groups is 1. The SMILES string of the molecule is Cc1ncsc1-c1ccc(CNC(=O)c2cccc(CO)n2)cc1. The third-order valence-corrected chi connectivity index (χ3v) is 4.59. The van der Waals surface area contributed by atoms with E-state index >= 15 is 0 Å². The molecule has 3 rings (SSSR count). The van der Waals surface area contributed by atoms with Crippen molar-refractivity contribution in [1.29, 1.82) is 0 Å². The minimum absolute atomic E-state index is 0.181. The van der Waals surface area contributed by atoms with Crippen LogP contribution in [0.15, 0.2) is 48.0 Å². The van der Waals surface area contributed by atoms with Gasteiger partial charge in [-0.3, -0.25) is 4.79 Å². The molecule has 6 heteroatoms. The molecular formula is C18H17N3O2S. The molecule has 5 nitrogen and oxygen atoms in total. The smallest absolute Gasteiger partial charge is 0.270 e. The molecule has 0 aliphatic rings. The molecule has 0 spiro atoms. The molecule has 24 heavy (non-hydrogen) atoms. The Balaban J connectivity index is 1.64. The Morgan fingerprint density at radius 1 is 1.21 bits per heavy atom. The quantitative estimate of drug-likeness (QED) is 0.749. The summed E-state index contributed by atoms with van der Waals surface area (Å²) in [6.45, 7) is 2.23. The second-order valence-electron chi connectivity index (χ2n) is 5.32. The minimum atomic E-state index is -0.257. The fourth-order valence-electron chi connectivity index (χ4n) is 2.32. The number of rotatable bonds is 5. The molecular weight excluding hydrogens is 322 g/mol. The van der Waals surface area contributed by atoms with E-state index in [9.17, 15) is 4.79 Å². The molecule has 0 aliphatic heterocycles. The average molecular weight is 339 g/mol. The van der Waals surface area contributed by atoms with Gasteiger partial charge in [-0.15, -0.1) is 11.3 Å². The number of aliphatic hydroxyl groups excluding tert-OH is 1. The Kier molecular flexibility index (Phi) is 4.98. The first-order chi connectivity index (χ1) is 11.7. The number of amides is 1. The van der Waals surface area contributed by atoms with Crippen molar-refractivity contribution in [2.24, 2.45) is 0 Å². The van der Waals surface area contributed by atoms with Crippen molar-refractivity contribution in [3.63, 3.8) is 0 Å². The fraction of sp³-hybridized carbons (Fsp3) is 0.167. The fourth-order valence-corrected chi connectivity index (χ4v) is 3.13. The monoisotopic (exact) mass is 339 g/mol. The predicted molar refractivity (Wildman–Crippen MR) is 93.6 cm³/mol. The largest absolute Gasteiger partial charge is 0.390 e. The van der Waals surface area contributed by atoms with Gasteiger partial charge in [-0.2, -0.15) is 0 Å². The topological polar surface area (TPSA) is 75.1 Å². The van der Waals surface area contributed by atoms with E-state index in [0.717, 1.165) is 21.7 Å². The van der Waals surface area contributed by atoms with Gasteiger partial charge in [-0.1, -0.05) is 30.3 Å². The standard InChI is InChI=1S/C18H17N3O2S/c1-12-17(24-11-20-12)14-7-5-13(6-8-14)9-19-18(23)16-4-2-3-15(10-22)21-16/h2-8,11,22H,9-10H2,1H3,(H,19,23). The molecule has 1 amide bonds. The summed E-state index contributed by atoms with van der Waals surface area (Å²) < 4.78 is 0. The Morgan fingerprint density at radius 2 is 2.00 bits per heavy atom. The average Bonchev–Trinajstić information content (AvgIpc) is 3.06. The maximum absolute atomic E-state index is 12.1. The lowest BCUT2D eigenvalue weighted by molar-refractivity contribution is 0.0945. The van der Waals surface area contributed by atoms with Crippen molar-refractivity contribution >= 4 is 17.2 Å². The van der Waals surface area contributed by atoms with Crippen LogP contribution in [0.25, 0.3) is 10.4 Å². The number of pyridine rings is 1. The Labute approximate surface area is 144 Å². The van der Waals surface area contributed by atoms with Crippen LogP contribution in [0.4, 0.5) is 0 Å². The molecule has 0 saturated carbocycles. The zero-order chi connectivity index (χ0) is 16.9. The number of thiazole rings is 1. The van der Waals surface area contributed by atoms with E-state index in [1.54, 1.807) is 29.5 Å². The molecule has 2 aromatic heterocycles. The third kappa shape index (κ3) is 3.67. The number of nitrogens with one attached hydrogen (secondary N) is 1. The highest BCUT2D eigenvalue weighted by molar-refractivity contribution is 7.13. The number of aromatic nitrogens is 2. The highest BCUT2D eigenvalue weighted by atomic mass is 32.1. The minimum Gasteiger partial charge on any atom is -0.390 e. The maximum Gasteiger partial charge on any atom is 0.270 e. The number of benzene rings is 1. The van der Waals surface area contributed by atoms with E-state index < -0.39 is 0 Å². The molecule has 2 N–H and O–H groups in total. The summed E-state index contributed by atoms with van der Waals surface area (Å²) in [5, 5.41) is 11.9. The maximum atomic E-state index is 12.1. The molecule has 0 saturated heterocycles. The van der Waals surface area contributed by atoms with Gasteiger partial charge in [0.15, 0.2) is 0 Å². The first-order valence-electron chi connectivity index (χ1n) is 7.52.